The molecule has 39 heavy (non-hydrogen) atoms. The minimum Gasteiger partial charge on any atom is -0.464 e. The van der Waals surface area contributed by atoms with Gasteiger partial charge in [-0.25, -0.2) is 9.59 Å². The van der Waals surface area contributed by atoms with E-state index in [0.29, 0.717) is 12.8 Å². The second-order valence-electron chi connectivity index (χ2n) is 10.3. The molecule has 0 bridgehead atoms. The standard InChI is InChI=1S/C30H41N3O6/c1-5-6-19-38-28(36)25(20-23-15-11-8-12-16-23)32-26(34)21-31-27(35)24(33-29(37)39-30(2,3)4)18-17-22-13-9-7-10-14-22/h7-16,24-25H,5-6,17-21H2,1-4H3,(H,31,35)(H,32,34)(H,33,37)/t24-,25-/m0/s1. The molecule has 9 heteroatoms. The first-order chi connectivity index (χ1) is 18.6. The van der Waals surface area contributed by atoms with Crippen molar-refractivity contribution < 1.29 is 28.7 Å². The number of benzene rings is 2. The molecule has 212 valence electrons. The van der Waals surface area contributed by atoms with Gasteiger partial charge in [0, 0.05) is 6.42 Å². The van der Waals surface area contributed by atoms with Crippen molar-refractivity contribution in [1.29, 1.82) is 0 Å². The number of esters is 1. The van der Waals surface area contributed by atoms with Gasteiger partial charge < -0.3 is 25.4 Å². The molecule has 2 aromatic rings. The normalized spacial score (nSPS) is 12.5. The highest BCUT2D eigenvalue weighted by atomic mass is 16.6. The molecule has 3 amide bonds. The summed E-state index contributed by atoms with van der Waals surface area (Å²) in [5.41, 5.74) is 1.13. The Balaban J connectivity index is 2.01. The van der Waals surface area contributed by atoms with Crippen LogP contribution in [0.15, 0.2) is 60.7 Å². The van der Waals surface area contributed by atoms with Gasteiger partial charge in [-0.05, 0) is 51.2 Å². The quantitative estimate of drug-likeness (QED) is 0.249. The maximum absolute atomic E-state index is 13.0. The van der Waals surface area contributed by atoms with E-state index in [4.69, 9.17) is 9.47 Å². The van der Waals surface area contributed by atoms with E-state index >= 15 is 0 Å². The number of carbonyl (C=O) groups is 4. The minimum atomic E-state index is -0.924. The third kappa shape index (κ3) is 13.0. The molecule has 0 aliphatic rings. The zero-order valence-corrected chi connectivity index (χ0v) is 23.3. The number of unbranched alkanes of at least 4 members (excludes halogenated alkanes) is 1. The Kier molecular flexibility index (Phi) is 13.0. The van der Waals surface area contributed by atoms with Gasteiger partial charge in [0.05, 0.1) is 13.2 Å². The van der Waals surface area contributed by atoms with Crippen molar-refractivity contribution in [2.45, 2.75) is 77.5 Å². The van der Waals surface area contributed by atoms with Gasteiger partial charge in [0.15, 0.2) is 0 Å². The van der Waals surface area contributed by atoms with Crippen LogP contribution in [-0.4, -0.2) is 54.7 Å². The number of hydrogen-bond donors (Lipinski definition) is 3. The zero-order valence-electron chi connectivity index (χ0n) is 23.3. The Bertz CT molecular complexity index is 1050. The summed E-state index contributed by atoms with van der Waals surface area (Å²) in [5, 5.41) is 7.86. The molecule has 0 heterocycles. The maximum Gasteiger partial charge on any atom is 0.408 e. The molecule has 0 spiro atoms. The van der Waals surface area contributed by atoms with Crippen molar-refractivity contribution in [1.82, 2.24) is 16.0 Å². The highest BCUT2D eigenvalue weighted by Gasteiger charge is 2.26. The van der Waals surface area contributed by atoms with Crippen LogP contribution in [0.4, 0.5) is 4.79 Å². The molecule has 0 radical (unpaired) electrons. The summed E-state index contributed by atoms with van der Waals surface area (Å²) in [4.78, 5) is 50.8. The number of hydrogen-bond acceptors (Lipinski definition) is 6. The van der Waals surface area contributed by atoms with Gasteiger partial charge in [-0.2, -0.15) is 0 Å². The predicted molar refractivity (Wildman–Crippen MR) is 149 cm³/mol. The van der Waals surface area contributed by atoms with Crippen LogP contribution < -0.4 is 16.0 Å². The van der Waals surface area contributed by atoms with Gasteiger partial charge in [0.2, 0.25) is 11.8 Å². The molecule has 0 aromatic heterocycles. The first-order valence-electron chi connectivity index (χ1n) is 13.4. The van der Waals surface area contributed by atoms with E-state index in [9.17, 15) is 19.2 Å². The molecular weight excluding hydrogens is 498 g/mol. The van der Waals surface area contributed by atoms with Crippen LogP contribution in [0, 0.1) is 0 Å². The van der Waals surface area contributed by atoms with E-state index in [0.717, 1.165) is 24.0 Å². The largest absolute Gasteiger partial charge is 0.464 e. The zero-order chi connectivity index (χ0) is 28.7. The predicted octanol–water partition coefficient (Wildman–Crippen LogP) is 3.70. The first-order valence-corrected chi connectivity index (χ1v) is 13.4. The van der Waals surface area contributed by atoms with Crippen molar-refractivity contribution in [2.24, 2.45) is 0 Å². The fraction of sp³-hybridized carbons (Fsp3) is 0.467. The van der Waals surface area contributed by atoms with E-state index in [1.807, 2.05) is 67.6 Å². The third-order valence-corrected chi connectivity index (χ3v) is 5.64. The average molecular weight is 540 g/mol. The topological polar surface area (TPSA) is 123 Å². The Morgan fingerprint density at radius 2 is 1.46 bits per heavy atom. The number of alkyl carbamates (subject to hydrolysis) is 1. The molecule has 2 aromatic carbocycles. The molecule has 0 saturated carbocycles. The molecule has 9 nitrogen and oxygen atoms in total. The van der Waals surface area contributed by atoms with E-state index in [1.54, 1.807) is 20.8 Å². The van der Waals surface area contributed by atoms with Gasteiger partial charge in [-0.3, -0.25) is 9.59 Å². The van der Waals surface area contributed by atoms with Gasteiger partial charge in [0.1, 0.15) is 17.7 Å². The lowest BCUT2D eigenvalue weighted by Crippen LogP contribution is -2.52. The second kappa shape index (κ2) is 16.2. The Labute approximate surface area is 231 Å². The summed E-state index contributed by atoms with van der Waals surface area (Å²) in [6.07, 6.45) is 1.96. The van der Waals surface area contributed by atoms with Crippen LogP contribution in [-0.2, 0) is 36.7 Å². The number of ether oxygens (including phenoxy) is 2. The van der Waals surface area contributed by atoms with Gasteiger partial charge >= 0.3 is 12.1 Å². The Morgan fingerprint density at radius 3 is 2.05 bits per heavy atom. The molecule has 0 aliphatic heterocycles. The summed E-state index contributed by atoms with van der Waals surface area (Å²) < 4.78 is 10.6. The van der Waals surface area contributed by atoms with Crippen LogP contribution in [0.25, 0.3) is 0 Å². The van der Waals surface area contributed by atoms with Crippen molar-refractivity contribution in [3.05, 3.63) is 71.8 Å². The summed E-state index contributed by atoms with van der Waals surface area (Å²) >= 11 is 0. The molecule has 2 atom stereocenters. The number of amides is 3. The lowest BCUT2D eigenvalue weighted by molar-refractivity contribution is -0.147. The van der Waals surface area contributed by atoms with Crippen LogP contribution >= 0.6 is 0 Å². The van der Waals surface area contributed by atoms with Crippen molar-refractivity contribution in [3.63, 3.8) is 0 Å². The highest BCUT2D eigenvalue weighted by Crippen LogP contribution is 2.10. The molecule has 0 aliphatic carbocycles. The number of nitrogens with one attached hydrogen (secondary N) is 3. The first kappa shape index (κ1) is 31.3. The van der Waals surface area contributed by atoms with Crippen molar-refractivity contribution >= 4 is 23.9 Å². The fourth-order valence-electron chi connectivity index (χ4n) is 3.67. The third-order valence-electron chi connectivity index (χ3n) is 5.64. The summed E-state index contributed by atoms with van der Waals surface area (Å²) in [5.74, 6) is -1.60. The van der Waals surface area contributed by atoms with Crippen LogP contribution in [0.3, 0.4) is 0 Å². The number of aryl methyl sites for hydroxylation is 1. The van der Waals surface area contributed by atoms with Crippen molar-refractivity contribution in [3.8, 4) is 0 Å². The molecule has 0 unspecified atom stereocenters. The smallest absolute Gasteiger partial charge is 0.408 e. The summed E-state index contributed by atoms with van der Waals surface area (Å²) in [6.45, 7) is 7.08. The van der Waals surface area contributed by atoms with Crippen LogP contribution in [0.2, 0.25) is 0 Å². The summed E-state index contributed by atoms with van der Waals surface area (Å²) in [6, 6.07) is 17.0. The van der Waals surface area contributed by atoms with Crippen LogP contribution in [0.1, 0.15) is 58.1 Å². The second-order valence-corrected chi connectivity index (χ2v) is 10.3. The minimum absolute atomic E-state index is 0.255. The van der Waals surface area contributed by atoms with Crippen molar-refractivity contribution in [2.75, 3.05) is 13.2 Å². The lowest BCUT2D eigenvalue weighted by atomic mass is 10.0. The molecule has 2 rings (SSSR count). The average Bonchev–Trinajstić information content (AvgIpc) is 2.89. The number of rotatable bonds is 14. The highest BCUT2D eigenvalue weighted by molar-refractivity contribution is 5.91. The Morgan fingerprint density at radius 1 is 0.846 bits per heavy atom. The van der Waals surface area contributed by atoms with Gasteiger partial charge in [-0.15, -0.1) is 0 Å². The Hall–Kier alpha value is -3.88. The van der Waals surface area contributed by atoms with Crippen LogP contribution in [0.5, 0.6) is 0 Å². The SMILES string of the molecule is CCCCOC(=O)[C@H](Cc1ccccc1)NC(=O)CNC(=O)[C@H](CCc1ccccc1)NC(=O)OC(C)(C)C. The van der Waals surface area contributed by atoms with Gasteiger partial charge in [-0.1, -0.05) is 74.0 Å². The van der Waals surface area contributed by atoms with E-state index in [1.165, 1.54) is 0 Å². The van der Waals surface area contributed by atoms with E-state index in [2.05, 4.69) is 16.0 Å². The van der Waals surface area contributed by atoms with Gasteiger partial charge in [0.25, 0.3) is 0 Å². The lowest BCUT2D eigenvalue weighted by Gasteiger charge is -2.23. The molecule has 0 saturated heterocycles. The molecule has 0 fully saturated rings. The molecular formula is C30H41N3O6. The maximum atomic E-state index is 13.0. The van der Waals surface area contributed by atoms with E-state index in [-0.39, 0.29) is 19.6 Å². The van der Waals surface area contributed by atoms with E-state index < -0.39 is 41.6 Å². The summed E-state index contributed by atoms with van der Waals surface area (Å²) in [7, 11) is 0. The molecule has 3 N–H and O–H groups in total. The fourth-order valence-corrected chi connectivity index (χ4v) is 3.67. The monoisotopic (exact) mass is 539 g/mol. The number of carbonyl (C=O) groups excluding carboxylic acids is 4.